The SMILES string of the molecule is Oc1ccccc1CNc1nnc(SCc2ccc(F)cc2)s1. The lowest BCUT2D eigenvalue weighted by Gasteiger charge is -2.04. The summed E-state index contributed by atoms with van der Waals surface area (Å²) in [5.74, 6) is 0.745. The summed E-state index contributed by atoms with van der Waals surface area (Å²) in [6.07, 6.45) is 0. The van der Waals surface area contributed by atoms with Crippen LogP contribution in [-0.4, -0.2) is 15.3 Å². The Balaban J connectivity index is 1.53. The van der Waals surface area contributed by atoms with Crippen LogP contribution in [0.4, 0.5) is 9.52 Å². The highest BCUT2D eigenvalue weighted by molar-refractivity contribution is 8.00. The van der Waals surface area contributed by atoms with Crippen molar-refractivity contribution in [3.05, 3.63) is 65.5 Å². The van der Waals surface area contributed by atoms with E-state index < -0.39 is 0 Å². The molecule has 2 N–H and O–H groups in total. The van der Waals surface area contributed by atoms with Gasteiger partial charge in [-0.2, -0.15) is 0 Å². The molecule has 0 aliphatic carbocycles. The molecule has 0 fully saturated rings. The smallest absolute Gasteiger partial charge is 0.206 e. The van der Waals surface area contributed by atoms with Crippen LogP contribution in [0.5, 0.6) is 5.75 Å². The Morgan fingerprint density at radius 3 is 2.65 bits per heavy atom. The molecule has 1 heterocycles. The van der Waals surface area contributed by atoms with Gasteiger partial charge >= 0.3 is 0 Å². The monoisotopic (exact) mass is 347 g/mol. The maximum atomic E-state index is 12.9. The fraction of sp³-hybridized carbons (Fsp3) is 0.125. The van der Waals surface area contributed by atoms with E-state index in [9.17, 15) is 9.50 Å². The number of halogens is 1. The number of benzene rings is 2. The standard InChI is InChI=1S/C16H14FN3OS2/c17-13-7-5-11(6-8-13)10-22-16-20-19-15(23-16)18-9-12-3-1-2-4-14(12)21/h1-8,21H,9-10H2,(H,18,19). The lowest BCUT2D eigenvalue weighted by atomic mass is 10.2. The van der Waals surface area contributed by atoms with Gasteiger partial charge in [-0.3, -0.25) is 0 Å². The Bertz CT molecular complexity index is 777. The van der Waals surface area contributed by atoms with Gasteiger partial charge in [0.25, 0.3) is 0 Å². The van der Waals surface area contributed by atoms with Gasteiger partial charge in [0.05, 0.1) is 0 Å². The average molecular weight is 347 g/mol. The van der Waals surface area contributed by atoms with Gasteiger partial charge in [-0.25, -0.2) is 4.39 Å². The molecule has 7 heteroatoms. The van der Waals surface area contributed by atoms with Crippen LogP contribution in [0.25, 0.3) is 0 Å². The number of nitrogens with one attached hydrogen (secondary N) is 1. The molecule has 0 bridgehead atoms. The van der Waals surface area contributed by atoms with E-state index in [1.165, 1.54) is 23.5 Å². The fourth-order valence-corrected chi connectivity index (χ4v) is 3.60. The number of hydrogen-bond acceptors (Lipinski definition) is 6. The van der Waals surface area contributed by atoms with Crippen LogP contribution in [-0.2, 0) is 12.3 Å². The number of aromatic nitrogens is 2. The van der Waals surface area contributed by atoms with E-state index >= 15 is 0 Å². The van der Waals surface area contributed by atoms with Crippen LogP contribution in [0, 0.1) is 5.82 Å². The predicted octanol–water partition coefficient (Wildman–Crippen LogP) is 4.29. The molecular weight excluding hydrogens is 333 g/mol. The second kappa shape index (κ2) is 7.43. The molecule has 0 saturated heterocycles. The highest BCUT2D eigenvalue weighted by Crippen LogP contribution is 2.29. The first-order valence-corrected chi connectivity index (χ1v) is 8.72. The zero-order chi connectivity index (χ0) is 16.1. The maximum Gasteiger partial charge on any atom is 0.206 e. The first-order valence-electron chi connectivity index (χ1n) is 6.92. The van der Waals surface area contributed by atoms with Crippen LogP contribution in [0.1, 0.15) is 11.1 Å². The number of aromatic hydroxyl groups is 1. The minimum absolute atomic E-state index is 0.231. The summed E-state index contributed by atoms with van der Waals surface area (Å²) in [4.78, 5) is 0. The number of phenolic OH excluding ortho intramolecular Hbond substituents is 1. The minimum Gasteiger partial charge on any atom is -0.508 e. The fourth-order valence-electron chi connectivity index (χ4n) is 1.90. The van der Waals surface area contributed by atoms with Gasteiger partial charge in [-0.1, -0.05) is 53.4 Å². The highest BCUT2D eigenvalue weighted by Gasteiger charge is 2.06. The zero-order valence-electron chi connectivity index (χ0n) is 12.1. The molecule has 3 aromatic rings. The van der Waals surface area contributed by atoms with Gasteiger partial charge in [0, 0.05) is 17.9 Å². The van der Waals surface area contributed by atoms with Crippen LogP contribution >= 0.6 is 23.1 Å². The highest BCUT2D eigenvalue weighted by atomic mass is 32.2. The molecule has 23 heavy (non-hydrogen) atoms. The van der Waals surface area contributed by atoms with Crippen molar-refractivity contribution in [3.63, 3.8) is 0 Å². The van der Waals surface area contributed by atoms with Crippen molar-refractivity contribution in [2.75, 3.05) is 5.32 Å². The zero-order valence-corrected chi connectivity index (χ0v) is 13.7. The summed E-state index contributed by atoms with van der Waals surface area (Å²) in [6.45, 7) is 0.490. The van der Waals surface area contributed by atoms with Crippen molar-refractivity contribution < 1.29 is 9.50 Å². The van der Waals surface area contributed by atoms with E-state index in [0.717, 1.165) is 15.5 Å². The van der Waals surface area contributed by atoms with E-state index in [1.807, 2.05) is 12.1 Å². The lowest BCUT2D eigenvalue weighted by Crippen LogP contribution is -1.98. The van der Waals surface area contributed by atoms with Crippen LogP contribution in [0.3, 0.4) is 0 Å². The van der Waals surface area contributed by atoms with E-state index in [0.29, 0.717) is 17.4 Å². The second-order valence-electron chi connectivity index (χ2n) is 4.77. The summed E-state index contributed by atoms with van der Waals surface area (Å²) in [7, 11) is 0. The summed E-state index contributed by atoms with van der Waals surface area (Å²) >= 11 is 3.01. The van der Waals surface area contributed by atoms with E-state index in [1.54, 1.807) is 36.0 Å². The number of rotatable bonds is 6. The van der Waals surface area contributed by atoms with Crippen molar-refractivity contribution in [3.8, 4) is 5.75 Å². The van der Waals surface area contributed by atoms with Crippen LogP contribution < -0.4 is 5.32 Å². The molecule has 3 rings (SSSR count). The van der Waals surface area contributed by atoms with Gasteiger partial charge in [-0.05, 0) is 23.8 Å². The van der Waals surface area contributed by atoms with Gasteiger partial charge in [0.1, 0.15) is 11.6 Å². The number of phenols is 1. The van der Waals surface area contributed by atoms with Gasteiger partial charge in [-0.15, -0.1) is 10.2 Å². The quantitative estimate of drug-likeness (QED) is 0.652. The number of anilines is 1. The Hall–Kier alpha value is -2.12. The molecule has 4 nitrogen and oxygen atoms in total. The molecule has 0 aliphatic heterocycles. The normalized spacial score (nSPS) is 10.7. The number of para-hydroxylation sites is 1. The van der Waals surface area contributed by atoms with Crippen molar-refractivity contribution in [1.82, 2.24) is 10.2 Å². The van der Waals surface area contributed by atoms with Crippen molar-refractivity contribution in [2.24, 2.45) is 0 Å². The summed E-state index contributed by atoms with van der Waals surface area (Å²) in [5.41, 5.74) is 1.85. The molecule has 0 spiro atoms. The first kappa shape index (κ1) is 15.8. The molecule has 1 aromatic heterocycles. The second-order valence-corrected chi connectivity index (χ2v) is 6.97. The van der Waals surface area contributed by atoms with Crippen LogP contribution in [0.15, 0.2) is 52.9 Å². The topological polar surface area (TPSA) is 58.0 Å². The molecule has 0 unspecified atom stereocenters. The van der Waals surface area contributed by atoms with Crippen molar-refractivity contribution in [1.29, 1.82) is 0 Å². The molecular formula is C16H14FN3OS2. The largest absolute Gasteiger partial charge is 0.508 e. The van der Waals surface area contributed by atoms with Crippen LogP contribution in [0.2, 0.25) is 0 Å². The van der Waals surface area contributed by atoms with Gasteiger partial charge < -0.3 is 10.4 Å². The third-order valence-corrected chi connectivity index (χ3v) is 5.19. The first-order chi connectivity index (χ1) is 11.2. The van der Waals surface area contributed by atoms with E-state index in [2.05, 4.69) is 15.5 Å². The molecule has 0 atom stereocenters. The van der Waals surface area contributed by atoms with E-state index in [4.69, 9.17) is 0 Å². The van der Waals surface area contributed by atoms with Gasteiger partial charge in [0.2, 0.25) is 5.13 Å². The number of hydrogen-bond donors (Lipinski definition) is 2. The number of nitrogens with zero attached hydrogens (tertiary/aromatic N) is 2. The summed E-state index contributed by atoms with van der Waals surface area (Å²) in [5, 5.41) is 21.8. The Morgan fingerprint density at radius 2 is 1.87 bits per heavy atom. The lowest BCUT2D eigenvalue weighted by molar-refractivity contribution is 0.469. The third kappa shape index (κ3) is 4.43. The molecule has 0 radical (unpaired) electrons. The Kier molecular flexibility index (Phi) is 5.09. The van der Waals surface area contributed by atoms with Crippen molar-refractivity contribution in [2.45, 2.75) is 16.6 Å². The van der Waals surface area contributed by atoms with E-state index in [-0.39, 0.29) is 11.6 Å². The third-order valence-electron chi connectivity index (χ3n) is 3.10. The molecule has 118 valence electrons. The molecule has 0 saturated carbocycles. The molecule has 0 aliphatic rings. The number of thioether (sulfide) groups is 1. The predicted molar refractivity (Wildman–Crippen MR) is 91.3 cm³/mol. The average Bonchev–Trinajstić information content (AvgIpc) is 3.02. The maximum absolute atomic E-state index is 12.9. The molecule has 2 aromatic carbocycles. The minimum atomic E-state index is -0.231. The Morgan fingerprint density at radius 1 is 1.09 bits per heavy atom. The summed E-state index contributed by atoms with van der Waals surface area (Å²) in [6, 6.07) is 13.6. The molecule has 0 amide bonds. The Labute approximate surface area is 141 Å². The summed E-state index contributed by atoms with van der Waals surface area (Å²) < 4.78 is 13.7. The van der Waals surface area contributed by atoms with Gasteiger partial charge in [0.15, 0.2) is 4.34 Å². The van der Waals surface area contributed by atoms with Crippen molar-refractivity contribution >= 4 is 28.2 Å².